The highest BCUT2D eigenvalue weighted by Gasteiger charge is 2.27. The highest BCUT2D eigenvalue weighted by Crippen LogP contribution is 2.37. The van der Waals surface area contributed by atoms with E-state index in [0.29, 0.717) is 5.92 Å². The fourth-order valence-corrected chi connectivity index (χ4v) is 4.43. The third kappa shape index (κ3) is 5.93. The standard InChI is InChI=1S/C24H39N3/c1-7-12-25-24-21(6)20(5)10-11-23(24)27-16-19(4)15-22(18-27)17-26(13-8-2)14-9-3/h7,10-12,19,22H,1,8-9,13-18H2,2-6H3. The molecule has 0 spiro atoms. The zero-order valence-corrected chi connectivity index (χ0v) is 18.2. The van der Waals surface area contributed by atoms with E-state index in [1.165, 1.54) is 55.7 Å². The van der Waals surface area contributed by atoms with Crippen LogP contribution in [0.1, 0.15) is 51.2 Å². The first-order chi connectivity index (χ1) is 13.0. The zero-order valence-electron chi connectivity index (χ0n) is 18.2. The topological polar surface area (TPSA) is 18.8 Å². The van der Waals surface area contributed by atoms with E-state index in [4.69, 9.17) is 4.99 Å². The van der Waals surface area contributed by atoms with Crippen molar-refractivity contribution < 1.29 is 0 Å². The third-order valence-corrected chi connectivity index (χ3v) is 5.67. The van der Waals surface area contributed by atoms with E-state index in [1.54, 1.807) is 6.08 Å². The van der Waals surface area contributed by atoms with Gasteiger partial charge in [0.05, 0.1) is 11.4 Å². The van der Waals surface area contributed by atoms with Crippen molar-refractivity contribution in [3.63, 3.8) is 0 Å². The minimum Gasteiger partial charge on any atom is -0.369 e. The van der Waals surface area contributed by atoms with Crippen LogP contribution in [-0.2, 0) is 0 Å². The minimum atomic E-state index is 0.715. The number of anilines is 1. The van der Waals surface area contributed by atoms with Crippen molar-refractivity contribution in [3.05, 3.63) is 35.9 Å². The van der Waals surface area contributed by atoms with Gasteiger partial charge >= 0.3 is 0 Å². The summed E-state index contributed by atoms with van der Waals surface area (Å²) >= 11 is 0. The lowest BCUT2D eigenvalue weighted by Gasteiger charge is -2.40. The number of rotatable bonds is 9. The molecule has 0 aromatic heterocycles. The number of allylic oxidation sites excluding steroid dienone is 1. The normalized spacial score (nSPS) is 20.6. The average molecular weight is 370 g/mol. The molecule has 1 saturated heterocycles. The molecule has 2 unspecified atom stereocenters. The van der Waals surface area contributed by atoms with Crippen molar-refractivity contribution in [2.75, 3.05) is 37.6 Å². The van der Waals surface area contributed by atoms with Gasteiger partial charge in [-0.05, 0) is 75.2 Å². The number of hydrogen-bond acceptors (Lipinski definition) is 3. The van der Waals surface area contributed by atoms with E-state index in [9.17, 15) is 0 Å². The van der Waals surface area contributed by atoms with E-state index in [-0.39, 0.29) is 0 Å². The first kappa shape index (κ1) is 21.7. The summed E-state index contributed by atoms with van der Waals surface area (Å²) in [5.74, 6) is 1.44. The van der Waals surface area contributed by atoms with Crippen molar-refractivity contribution in [3.8, 4) is 0 Å². The van der Waals surface area contributed by atoms with Crippen molar-refractivity contribution >= 4 is 17.6 Å². The van der Waals surface area contributed by atoms with Crippen LogP contribution in [0.2, 0.25) is 0 Å². The number of aliphatic imine (C=N–C) groups is 1. The van der Waals surface area contributed by atoms with E-state index in [2.05, 4.69) is 63.1 Å². The fourth-order valence-electron chi connectivity index (χ4n) is 4.43. The van der Waals surface area contributed by atoms with Gasteiger partial charge in [0.15, 0.2) is 0 Å². The predicted molar refractivity (Wildman–Crippen MR) is 121 cm³/mol. The van der Waals surface area contributed by atoms with Crippen LogP contribution in [0.25, 0.3) is 0 Å². The van der Waals surface area contributed by atoms with Crippen LogP contribution in [0.15, 0.2) is 29.8 Å². The maximum atomic E-state index is 4.73. The van der Waals surface area contributed by atoms with Crippen LogP contribution in [0, 0.1) is 25.7 Å². The van der Waals surface area contributed by atoms with Gasteiger partial charge in [0, 0.05) is 25.8 Å². The lowest BCUT2D eigenvalue weighted by atomic mass is 9.89. The molecule has 3 nitrogen and oxygen atoms in total. The summed E-state index contributed by atoms with van der Waals surface area (Å²) in [6, 6.07) is 4.51. The second-order valence-corrected chi connectivity index (χ2v) is 8.30. The van der Waals surface area contributed by atoms with Crippen LogP contribution < -0.4 is 4.90 Å². The molecule has 27 heavy (non-hydrogen) atoms. The molecule has 0 radical (unpaired) electrons. The van der Waals surface area contributed by atoms with Crippen LogP contribution >= 0.6 is 0 Å². The van der Waals surface area contributed by atoms with Gasteiger partial charge in [0.2, 0.25) is 0 Å². The molecule has 2 atom stereocenters. The summed E-state index contributed by atoms with van der Waals surface area (Å²) in [5.41, 5.74) is 4.97. The van der Waals surface area contributed by atoms with Gasteiger partial charge in [-0.3, -0.25) is 4.99 Å². The van der Waals surface area contributed by atoms with E-state index in [1.807, 2.05) is 6.21 Å². The molecule has 1 heterocycles. The number of hydrogen-bond donors (Lipinski definition) is 0. The molecule has 150 valence electrons. The summed E-state index contributed by atoms with van der Waals surface area (Å²) in [7, 11) is 0. The SMILES string of the molecule is C=CC=Nc1c(N2CC(C)CC(CN(CCC)CCC)C2)ccc(C)c1C. The second-order valence-electron chi connectivity index (χ2n) is 8.30. The second kappa shape index (κ2) is 10.7. The number of nitrogens with zero attached hydrogens (tertiary/aromatic N) is 3. The predicted octanol–water partition coefficient (Wildman–Crippen LogP) is 5.78. The molecule has 1 aliphatic heterocycles. The van der Waals surface area contributed by atoms with Gasteiger partial charge in [0.25, 0.3) is 0 Å². The van der Waals surface area contributed by atoms with Gasteiger partial charge in [-0.25, -0.2) is 0 Å². The molecule has 3 heteroatoms. The summed E-state index contributed by atoms with van der Waals surface area (Å²) in [6.07, 6.45) is 7.39. The average Bonchev–Trinajstić information content (AvgIpc) is 2.63. The van der Waals surface area contributed by atoms with Gasteiger partial charge < -0.3 is 9.80 Å². The number of benzene rings is 1. The molecular formula is C24H39N3. The van der Waals surface area contributed by atoms with Gasteiger partial charge in [-0.1, -0.05) is 39.5 Å². The Kier molecular flexibility index (Phi) is 8.56. The first-order valence-electron chi connectivity index (χ1n) is 10.7. The molecule has 1 aromatic carbocycles. The fraction of sp³-hybridized carbons (Fsp3) is 0.625. The van der Waals surface area contributed by atoms with Crippen molar-refractivity contribution in [1.29, 1.82) is 0 Å². The van der Waals surface area contributed by atoms with Crippen LogP contribution in [0.3, 0.4) is 0 Å². The molecule has 0 amide bonds. The smallest absolute Gasteiger partial charge is 0.0894 e. The summed E-state index contributed by atoms with van der Waals surface area (Å²) in [6.45, 7) is 21.0. The first-order valence-corrected chi connectivity index (χ1v) is 10.7. The quantitative estimate of drug-likeness (QED) is 0.514. The van der Waals surface area contributed by atoms with Gasteiger partial charge in [-0.15, -0.1) is 0 Å². The molecule has 2 rings (SSSR count). The zero-order chi connectivity index (χ0) is 19.8. The highest BCUT2D eigenvalue weighted by atomic mass is 15.2. The number of aryl methyl sites for hydroxylation is 1. The molecular weight excluding hydrogens is 330 g/mol. The number of piperidine rings is 1. The minimum absolute atomic E-state index is 0.715. The van der Waals surface area contributed by atoms with Crippen LogP contribution in [0.5, 0.6) is 0 Å². The van der Waals surface area contributed by atoms with E-state index in [0.717, 1.165) is 24.7 Å². The maximum Gasteiger partial charge on any atom is 0.0894 e. The van der Waals surface area contributed by atoms with Crippen LogP contribution in [-0.4, -0.2) is 43.8 Å². The molecule has 0 saturated carbocycles. The lowest BCUT2D eigenvalue weighted by Crippen LogP contribution is -2.44. The Hall–Kier alpha value is -1.61. The largest absolute Gasteiger partial charge is 0.369 e. The Bertz CT molecular complexity index is 629. The maximum absolute atomic E-state index is 4.73. The van der Waals surface area contributed by atoms with Crippen molar-refractivity contribution in [2.45, 2.75) is 53.9 Å². The summed E-state index contributed by atoms with van der Waals surface area (Å²) < 4.78 is 0. The molecule has 0 N–H and O–H groups in total. The van der Waals surface area contributed by atoms with E-state index < -0.39 is 0 Å². The van der Waals surface area contributed by atoms with Crippen LogP contribution in [0.4, 0.5) is 11.4 Å². The van der Waals surface area contributed by atoms with Gasteiger partial charge in [0.1, 0.15) is 0 Å². The Morgan fingerprint density at radius 1 is 1.19 bits per heavy atom. The molecule has 0 bridgehead atoms. The summed E-state index contributed by atoms with van der Waals surface area (Å²) in [4.78, 5) is 9.98. The summed E-state index contributed by atoms with van der Waals surface area (Å²) in [5, 5.41) is 0. The van der Waals surface area contributed by atoms with Crippen molar-refractivity contribution in [1.82, 2.24) is 4.90 Å². The highest BCUT2D eigenvalue weighted by molar-refractivity contribution is 5.80. The van der Waals surface area contributed by atoms with Crippen molar-refractivity contribution in [2.24, 2.45) is 16.8 Å². The van der Waals surface area contributed by atoms with E-state index >= 15 is 0 Å². The monoisotopic (exact) mass is 369 g/mol. The molecule has 1 aliphatic rings. The lowest BCUT2D eigenvalue weighted by molar-refractivity contribution is 0.200. The Balaban J connectivity index is 2.24. The molecule has 0 aliphatic carbocycles. The Morgan fingerprint density at radius 2 is 1.89 bits per heavy atom. The Morgan fingerprint density at radius 3 is 2.52 bits per heavy atom. The third-order valence-electron chi connectivity index (χ3n) is 5.67. The molecule has 1 fully saturated rings. The van der Waals surface area contributed by atoms with Gasteiger partial charge in [-0.2, -0.15) is 0 Å². The Labute approximate surface area is 167 Å². The molecule has 1 aromatic rings.